The van der Waals surface area contributed by atoms with Crippen LogP contribution in [0.4, 0.5) is 0 Å². The lowest BCUT2D eigenvalue weighted by Gasteiger charge is -2.20. The third-order valence-corrected chi connectivity index (χ3v) is 1.92. The van der Waals surface area contributed by atoms with Crippen LogP contribution in [0.1, 0.15) is 12.5 Å². The molecule has 70 valence electrons. The van der Waals surface area contributed by atoms with E-state index in [2.05, 4.69) is 4.74 Å². The van der Waals surface area contributed by atoms with Crippen LogP contribution in [0.3, 0.4) is 0 Å². The Morgan fingerprint density at radius 2 is 1.92 bits per heavy atom. The maximum absolute atomic E-state index is 11.2. The Kier molecular flexibility index (Phi) is 2.68. The number of hydrogen-bond donors (Lipinski definition) is 1. The first-order valence-corrected chi connectivity index (χ1v) is 3.95. The van der Waals surface area contributed by atoms with Crippen molar-refractivity contribution in [1.82, 2.24) is 0 Å². The Hall–Kier alpha value is -1.35. The van der Waals surface area contributed by atoms with Crippen molar-refractivity contribution in [3.05, 3.63) is 35.9 Å². The third kappa shape index (κ3) is 1.87. The highest BCUT2D eigenvalue weighted by Gasteiger charge is 2.33. The van der Waals surface area contributed by atoms with Gasteiger partial charge in [0, 0.05) is 0 Å². The van der Waals surface area contributed by atoms with Crippen LogP contribution in [0.15, 0.2) is 30.3 Å². The number of hydrogen-bond acceptors (Lipinski definition) is 3. The van der Waals surface area contributed by atoms with Crippen LogP contribution in [-0.2, 0) is 15.1 Å². The molecule has 3 nitrogen and oxygen atoms in total. The fraction of sp³-hybridized carbons (Fsp3) is 0.300. The molecule has 0 heterocycles. The molecule has 0 amide bonds. The van der Waals surface area contributed by atoms with Crippen molar-refractivity contribution >= 4 is 5.97 Å². The molecule has 1 N–H and O–H groups in total. The lowest BCUT2D eigenvalue weighted by atomic mass is 9.96. The zero-order valence-corrected chi connectivity index (χ0v) is 7.65. The minimum Gasteiger partial charge on any atom is -0.467 e. The second-order valence-electron chi connectivity index (χ2n) is 2.93. The van der Waals surface area contributed by atoms with E-state index < -0.39 is 11.6 Å². The Bertz CT molecular complexity index is 290. The molecule has 0 aliphatic heterocycles. The largest absolute Gasteiger partial charge is 0.467 e. The van der Waals surface area contributed by atoms with Gasteiger partial charge in [-0.05, 0) is 12.5 Å². The molecule has 13 heavy (non-hydrogen) atoms. The minimum absolute atomic E-state index is 0.529. The molecule has 0 fully saturated rings. The summed E-state index contributed by atoms with van der Waals surface area (Å²) in [6.07, 6.45) is 0. The Morgan fingerprint density at radius 1 is 1.38 bits per heavy atom. The predicted octanol–water partition coefficient (Wildman–Crippen LogP) is 1.07. The van der Waals surface area contributed by atoms with E-state index >= 15 is 0 Å². The van der Waals surface area contributed by atoms with Crippen molar-refractivity contribution in [3.63, 3.8) is 0 Å². The summed E-state index contributed by atoms with van der Waals surface area (Å²) in [6, 6.07) is 8.68. The van der Waals surface area contributed by atoms with Crippen LogP contribution in [-0.4, -0.2) is 18.2 Å². The standard InChI is InChI=1S/C10H12O3/c1-10(12,9(11)13-2)8-6-4-3-5-7-8/h3-7,12H,1-2H3/t10-/m0/s1. The van der Waals surface area contributed by atoms with Gasteiger partial charge in [-0.25, -0.2) is 4.79 Å². The molecular formula is C10H12O3. The molecule has 0 aromatic heterocycles. The van der Waals surface area contributed by atoms with Gasteiger partial charge in [-0.15, -0.1) is 0 Å². The highest BCUT2D eigenvalue weighted by atomic mass is 16.5. The number of esters is 1. The van der Waals surface area contributed by atoms with Gasteiger partial charge < -0.3 is 9.84 Å². The van der Waals surface area contributed by atoms with E-state index in [-0.39, 0.29) is 0 Å². The van der Waals surface area contributed by atoms with Crippen molar-refractivity contribution in [3.8, 4) is 0 Å². The maximum Gasteiger partial charge on any atom is 0.342 e. The molecule has 0 saturated heterocycles. The minimum atomic E-state index is -1.56. The third-order valence-electron chi connectivity index (χ3n) is 1.92. The molecule has 0 aliphatic carbocycles. The summed E-state index contributed by atoms with van der Waals surface area (Å²) in [7, 11) is 1.25. The maximum atomic E-state index is 11.2. The fourth-order valence-electron chi connectivity index (χ4n) is 1.08. The van der Waals surface area contributed by atoms with Crippen molar-refractivity contribution < 1.29 is 14.6 Å². The molecule has 3 heteroatoms. The van der Waals surface area contributed by atoms with Crippen molar-refractivity contribution in [1.29, 1.82) is 0 Å². The molecule has 0 spiro atoms. The number of ether oxygens (including phenoxy) is 1. The molecule has 1 aromatic rings. The van der Waals surface area contributed by atoms with E-state index in [1.807, 2.05) is 6.07 Å². The topological polar surface area (TPSA) is 46.5 Å². The number of aliphatic hydroxyl groups is 1. The van der Waals surface area contributed by atoms with Gasteiger partial charge in [0.05, 0.1) is 7.11 Å². The average Bonchev–Trinajstić information content (AvgIpc) is 2.18. The van der Waals surface area contributed by atoms with Gasteiger partial charge in [-0.3, -0.25) is 0 Å². The van der Waals surface area contributed by atoms with Crippen LogP contribution in [0.5, 0.6) is 0 Å². The van der Waals surface area contributed by atoms with Gasteiger partial charge in [0.25, 0.3) is 0 Å². The van der Waals surface area contributed by atoms with Gasteiger partial charge in [0.15, 0.2) is 5.60 Å². The molecule has 0 radical (unpaired) electrons. The van der Waals surface area contributed by atoms with Gasteiger partial charge in [0.2, 0.25) is 0 Å². The highest BCUT2D eigenvalue weighted by molar-refractivity contribution is 5.80. The predicted molar refractivity (Wildman–Crippen MR) is 48.0 cm³/mol. The summed E-state index contributed by atoms with van der Waals surface area (Å²) in [5.74, 6) is -0.654. The summed E-state index contributed by atoms with van der Waals surface area (Å²) in [5, 5.41) is 9.78. The Labute approximate surface area is 77.0 Å². The van der Waals surface area contributed by atoms with Gasteiger partial charge >= 0.3 is 5.97 Å². The van der Waals surface area contributed by atoms with Gasteiger partial charge in [-0.2, -0.15) is 0 Å². The number of carbonyl (C=O) groups is 1. The van der Waals surface area contributed by atoms with E-state index in [0.717, 1.165) is 0 Å². The van der Waals surface area contributed by atoms with Crippen LogP contribution >= 0.6 is 0 Å². The average molecular weight is 180 g/mol. The van der Waals surface area contributed by atoms with Crippen molar-refractivity contribution in [2.75, 3.05) is 7.11 Å². The lowest BCUT2D eigenvalue weighted by molar-refractivity contribution is -0.161. The summed E-state index contributed by atoms with van der Waals surface area (Å²) in [4.78, 5) is 11.2. The first kappa shape index (κ1) is 9.74. The zero-order valence-electron chi connectivity index (χ0n) is 7.65. The van der Waals surface area contributed by atoms with E-state index in [0.29, 0.717) is 5.56 Å². The van der Waals surface area contributed by atoms with Crippen LogP contribution in [0.2, 0.25) is 0 Å². The van der Waals surface area contributed by atoms with Crippen molar-refractivity contribution in [2.24, 2.45) is 0 Å². The van der Waals surface area contributed by atoms with Crippen LogP contribution in [0, 0.1) is 0 Å². The second kappa shape index (κ2) is 3.58. The van der Waals surface area contributed by atoms with E-state index in [1.165, 1.54) is 14.0 Å². The quantitative estimate of drug-likeness (QED) is 0.692. The number of benzene rings is 1. The molecule has 1 atom stereocenters. The smallest absolute Gasteiger partial charge is 0.342 e. The molecule has 0 aliphatic rings. The number of rotatable bonds is 2. The first-order valence-electron chi connectivity index (χ1n) is 3.95. The lowest BCUT2D eigenvalue weighted by Crippen LogP contribution is -2.33. The Balaban J connectivity index is 3.00. The van der Waals surface area contributed by atoms with Gasteiger partial charge in [-0.1, -0.05) is 30.3 Å². The zero-order chi connectivity index (χ0) is 9.90. The normalized spacial score (nSPS) is 14.7. The SMILES string of the molecule is COC(=O)[C@@](C)(O)c1ccccc1. The summed E-state index contributed by atoms with van der Waals surface area (Å²) in [6.45, 7) is 1.41. The molecule has 1 aromatic carbocycles. The summed E-state index contributed by atoms with van der Waals surface area (Å²) >= 11 is 0. The van der Waals surface area contributed by atoms with E-state index in [4.69, 9.17) is 0 Å². The highest BCUT2D eigenvalue weighted by Crippen LogP contribution is 2.21. The van der Waals surface area contributed by atoms with Crippen LogP contribution in [0.25, 0.3) is 0 Å². The first-order chi connectivity index (χ1) is 6.09. The number of carbonyl (C=O) groups excluding carboxylic acids is 1. The molecule has 1 rings (SSSR count). The monoisotopic (exact) mass is 180 g/mol. The molecule has 0 unspecified atom stereocenters. The molecular weight excluding hydrogens is 168 g/mol. The summed E-state index contributed by atoms with van der Waals surface area (Å²) in [5.41, 5.74) is -1.03. The van der Waals surface area contributed by atoms with Gasteiger partial charge in [0.1, 0.15) is 0 Å². The van der Waals surface area contributed by atoms with E-state index in [9.17, 15) is 9.90 Å². The second-order valence-corrected chi connectivity index (χ2v) is 2.93. The van der Waals surface area contributed by atoms with Crippen LogP contribution < -0.4 is 0 Å². The van der Waals surface area contributed by atoms with Crippen molar-refractivity contribution in [2.45, 2.75) is 12.5 Å². The number of methoxy groups -OCH3 is 1. The summed E-state index contributed by atoms with van der Waals surface area (Å²) < 4.78 is 4.48. The molecule has 0 bridgehead atoms. The van der Waals surface area contributed by atoms with E-state index in [1.54, 1.807) is 24.3 Å². The fourth-order valence-corrected chi connectivity index (χ4v) is 1.08. The molecule has 0 saturated carbocycles. The Morgan fingerprint density at radius 3 is 2.38 bits per heavy atom.